The average Bonchev–Trinajstić information content (AvgIpc) is 2.63. The van der Waals surface area contributed by atoms with E-state index in [1.54, 1.807) is 17.0 Å². The summed E-state index contributed by atoms with van der Waals surface area (Å²) in [5.41, 5.74) is 1.43. The molecule has 1 N–H and O–H groups in total. The Morgan fingerprint density at radius 2 is 2.12 bits per heavy atom. The fraction of sp³-hybridized carbons (Fsp3) is 0.500. The SMILES string of the molecule is C=CCN1C(=O)COc2cc(NC(=O)CCC3CCCCC3)ccc21. The van der Waals surface area contributed by atoms with Crippen molar-refractivity contribution in [2.75, 3.05) is 23.4 Å². The Morgan fingerprint density at radius 1 is 1.32 bits per heavy atom. The minimum atomic E-state index is -0.0864. The van der Waals surface area contributed by atoms with E-state index in [-0.39, 0.29) is 18.4 Å². The van der Waals surface area contributed by atoms with Crippen LogP contribution in [-0.2, 0) is 9.59 Å². The van der Waals surface area contributed by atoms with Crippen molar-refractivity contribution in [1.82, 2.24) is 0 Å². The Bertz CT molecular complexity index is 650. The van der Waals surface area contributed by atoms with Gasteiger partial charge in [0.05, 0.1) is 5.69 Å². The molecule has 25 heavy (non-hydrogen) atoms. The van der Waals surface area contributed by atoms with Crippen molar-refractivity contribution in [1.29, 1.82) is 0 Å². The van der Waals surface area contributed by atoms with E-state index < -0.39 is 0 Å². The van der Waals surface area contributed by atoms with E-state index in [4.69, 9.17) is 4.74 Å². The van der Waals surface area contributed by atoms with Crippen molar-refractivity contribution in [2.45, 2.75) is 44.9 Å². The lowest BCUT2D eigenvalue weighted by Crippen LogP contribution is -2.38. The van der Waals surface area contributed by atoms with Crippen molar-refractivity contribution < 1.29 is 14.3 Å². The molecule has 0 radical (unpaired) electrons. The predicted octanol–water partition coefficient (Wildman–Crippen LogP) is 3.90. The molecule has 0 bridgehead atoms. The molecule has 0 unspecified atom stereocenters. The van der Waals surface area contributed by atoms with Gasteiger partial charge in [0.15, 0.2) is 6.61 Å². The van der Waals surface area contributed by atoms with Crippen LogP contribution >= 0.6 is 0 Å². The molecule has 0 atom stereocenters. The lowest BCUT2D eigenvalue weighted by molar-refractivity contribution is -0.121. The normalized spacial score (nSPS) is 17.6. The Balaban J connectivity index is 1.59. The minimum absolute atomic E-state index is 0.0138. The largest absolute Gasteiger partial charge is 0.481 e. The summed E-state index contributed by atoms with van der Waals surface area (Å²) in [6.07, 6.45) is 9.67. The first-order valence-corrected chi connectivity index (χ1v) is 9.15. The van der Waals surface area contributed by atoms with Gasteiger partial charge >= 0.3 is 0 Å². The van der Waals surface area contributed by atoms with Crippen LogP contribution in [0.4, 0.5) is 11.4 Å². The van der Waals surface area contributed by atoms with Gasteiger partial charge in [0.1, 0.15) is 5.75 Å². The van der Waals surface area contributed by atoms with Crippen LogP contribution in [0.5, 0.6) is 5.75 Å². The zero-order chi connectivity index (χ0) is 17.6. The molecule has 1 heterocycles. The zero-order valence-electron chi connectivity index (χ0n) is 14.6. The summed E-state index contributed by atoms with van der Waals surface area (Å²) in [4.78, 5) is 25.8. The van der Waals surface area contributed by atoms with E-state index in [0.29, 0.717) is 30.3 Å². The van der Waals surface area contributed by atoms with E-state index in [2.05, 4.69) is 11.9 Å². The second-order valence-electron chi connectivity index (χ2n) is 6.86. The molecule has 1 aliphatic carbocycles. The highest BCUT2D eigenvalue weighted by Crippen LogP contribution is 2.34. The second kappa shape index (κ2) is 8.19. The maximum absolute atomic E-state index is 12.2. The fourth-order valence-electron chi connectivity index (χ4n) is 3.65. The molecule has 1 saturated carbocycles. The minimum Gasteiger partial charge on any atom is -0.481 e. The van der Waals surface area contributed by atoms with Gasteiger partial charge in [0.25, 0.3) is 5.91 Å². The van der Waals surface area contributed by atoms with E-state index in [1.807, 2.05) is 12.1 Å². The molecule has 134 valence electrons. The van der Waals surface area contributed by atoms with Crippen LogP contribution in [-0.4, -0.2) is 25.0 Å². The molecule has 1 aliphatic heterocycles. The van der Waals surface area contributed by atoms with E-state index >= 15 is 0 Å². The first-order valence-electron chi connectivity index (χ1n) is 9.15. The highest BCUT2D eigenvalue weighted by Gasteiger charge is 2.25. The number of nitrogens with zero attached hydrogens (tertiary/aromatic N) is 1. The topological polar surface area (TPSA) is 58.6 Å². The third kappa shape index (κ3) is 4.41. The highest BCUT2D eigenvalue weighted by atomic mass is 16.5. The van der Waals surface area contributed by atoms with Crippen molar-refractivity contribution in [3.05, 3.63) is 30.9 Å². The van der Waals surface area contributed by atoms with Gasteiger partial charge in [-0.05, 0) is 24.5 Å². The van der Waals surface area contributed by atoms with Crippen molar-refractivity contribution in [3.8, 4) is 5.75 Å². The average molecular weight is 342 g/mol. The molecular formula is C20H26N2O3. The molecule has 1 aromatic rings. The summed E-state index contributed by atoms with van der Waals surface area (Å²) in [7, 11) is 0. The molecule has 5 heteroatoms. The summed E-state index contributed by atoms with van der Waals surface area (Å²) in [5, 5.41) is 2.95. The molecule has 1 fully saturated rings. The highest BCUT2D eigenvalue weighted by molar-refractivity contribution is 5.99. The smallest absolute Gasteiger partial charge is 0.265 e. The van der Waals surface area contributed by atoms with Gasteiger partial charge in [-0.1, -0.05) is 38.2 Å². The number of carbonyl (C=O) groups is 2. The van der Waals surface area contributed by atoms with E-state index in [1.165, 1.54) is 32.1 Å². The quantitative estimate of drug-likeness (QED) is 0.798. The number of amides is 2. The van der Waals surface area contributed by atoms with Crippen LogP contribution in [0.25, 0.3) is 0 Å². The lowest BCUT2D eigenvalue weighted by Gasteiger charge is -2.28. The van der Waals surface area contributed by atoms with Gasteiger partial charge < -0.3 is 15.0 Å². The lowest BCUT2D eigenvalue weighted by atomic mass is 9.86. The molecular weight excluding hydrogens is 316 g/mol. The summed E-state index contributed by atoms with van der Waals surface area (Å²) >= 11 is 0. The van der Waals surface area contributed by atoms with Crippen LogP contribution in [0, 0.1) is 5.92 Å². The molecule has 0 aromatic heterocycles. The number of hydrogen-bond acceptors (Lipinski definition) is 3. The molecule has 3 rings (SSSR count). The van der Waals surface area contributed by atoms with Gasteiger partial charge in [-0.3, -0.25) is 9.59 Å². The second-order valence-corrected chi connectivity index (χ2v) is 6.86. The van der Waals surface area contributed by atoms with Crippen molar-refractivity contribution >= 4 is 23.2 Å². The number of hydrogen-bond donors (Lipinski definition) is 1. The van der Waals surface area contributed by atoms with Crippen LogP contribution in [0.2, 0.25) is 0 Å². The molecule has 5 nitrogen and oxygen atoms in total. The maximum Gasteiger partial charge on any atom is 0.265 e. The molecule has 0 spiro atoms. The Morgan fingerprint density at radius 3 is 2.88 bits per heavy atom. The molecule has 1 aromatic carbocycles. The van der Waals surface area contributed by atoms with Gasteiger partial charge in [0, 0.05) is 24.7 Å². The van der Waals surface area contributed by atoms with E-state index in [0.717, 1.165) is 12.1 Å². The number of rotatable bonds is 6. The standard InChI is InChI=1S/C20H26N2O3/c1-2-12-22-17-10-9-16(13-18(17)25-14-20(22)24)21-19(23)11-8-15-6-4-3-5-7-15/h2,9-10,13,15H,1,3-8,11-12,14H2,(H,21,23). The van der Waals surface area contributed by atoms with E-state index in [9.17, 15) is 9.59 Å². The van der Waals surface area contributed by atoms with Gasteiger partial charge in [-0.25, -0.2) is 0 Å². The van der Waals surface area contributed by atoms with Gasteiger partial charge in [0.2, 0.25) is 5.91 Å². The summed E-state index contributed by atoms with van der Waals surface area (Å²) in [6, 6.07) is 5.42. The van der Waals surface area contributed by atoms with Crippen molar-refractivity contribution in [2.24, 2.45) is 5.92 Å². The fourth-order valence-corrected chi connectivity index (χ4v) is 3.65. The Labute approximate surface area is 149 Å². The summed E-state index contributed by atoms with van der Waals surface area (Å²) < 4.78 is 5.51. The number of anilines is 2. The number of benzene rings is 1. The summed E-state index contributed by atoms with van der Waals surface area (Å²) in [5.74, 6) is 1.27. The monoisotopic (exact) mass is 342 g/mol. The molecule has 0 saturated heterocycles. The summed E-state index contributed by atoms with van der Waals surface area (Å²) in [6.45, 7) is 4.15. The number of nitrogens with one attached hydrogen (secondary N) is 1. The number of fused-ring (bicyclic) bond motifs is 1. The predicted molar refractivity (Wildman–Crippen MR) is 98.9 cm³/mol. The third-order valence-corrected chi connectivity index (χ3v) is 5.00. The Kier molecular flexibility index (Phi) is 5.74. The number of carbonyl (C=O) groups excluding carboxylic acids is 2. The molecule has 2 aliphatic rings. The van der Waals surface area contributed by atoms with Gasteiger partial charge in [-0.15, -0.1) is 6.58 Å². The van der Waals surface area contributed by atoms with Crippen LogP contribution in [0.1, 0.15) is 44.9 Å². The Hall–Kier alpha value is -2.30. The van der Waals surface area contributed by atoms with Crippen LogP contribution in [0.15, 0.2) is 30.9 Å². The molecule has 2 amide bonds. The first-order chi connectivity index (χ1) is 12.2. The van der Waals surface area contributed by atoms with Gasteiger partial charge in [-0.2, -0.15) is 0 Å². The first kappa shape index (κ1) is 17.5. The number of ether oxygens (including phenoxy) is 1. The van der Waals surface area contributed by atoms with Crippen LogP contribution < -0.4 is 15.0 Å². The van der Waals surface area contributed by atoms with Crippen LogP contribution in [0.3, 0.4) is 0 Å². The maximum atomic E-state index is 12.2. The third-order valence-electron chi connectivity index (χ3n) is 5.00. The van der Waals surface area contributed by atoms with Crippen molar-refractivity contribution in [3.63, 3.8) is 0 Å². The zero-order valence-corrected chi connectivity index (χ0v) is 14.6.